The highest BCUT2D eigenvalue weighted by atomic mass is 32.1. The molecule has 0 fully saturated rings. The van der Waals surface area contributed by atoms with Crippen LogP contribution in [0.1, 0.15) is 38.2 Å². The molecule has 138 valence electrons. The Hall–Kier alpha value is -2.47. The molecule has 26 heavy (non-hydrogen) atoms. The van der Waals surface area contributed by atoms with Crippen LogP contribution in [-0.2, 0) is 9.59 Å². The Labute approximate surface area is 158 Å². The van der Waals surface area contributed by atoms with Crippen molar-refractivity contribution in [2.24, 2.45) is 0 Å². The number of hydrogen-bond donors (Lipinski definition) is 1. The number of benzene rings is 1. The highest BCUT2D eigenvalue weighted by Gasteiger charge is 2.15. The molecule has 1 aromatic heterocycles. The van der Waals surface area contributed by atoms with Crippen molar-refractivity contribution in [1.82, 2.24) is 9.88 Å². The molecule has 6 heteroatoms. The van der Waals surface area contributed by atoms with Crippen LogP contribution in [0.3, 0.4) is 0 Å². The quantitative estimate of drug-likeness (QED) is 0.503. The molecule has 5 nitrogen and oxygen atoms in total. The fourth-order valence-corrected chi connectivity index (χ4v) is 3.00. The summed E-state index contributed by atoms with van der Waals surface area (Å²) in [5, 5.41) is 5.08. The maximum Gasteiger partial charge on any atom is 0.247 e. The Balaban J connectivity index is 1.95. The molecule has 0 bridgehead atoms. The molecule has 0 saturated carbocycles. The van der Waals surface area contributed by atoms with Gasteiger partial charge >= 0.3 is 0 Å². The van der Waals surface area contributed by atoms with E-state index < -0.39 is 0 Å². The summed E-state index contributed by atoms with van der Waals surface area (Å²) in [6.07, 6.45) is 9.15. The van der Waals surface area contributed by atoms with Gasteiger partial charge in [-0.15, -0.1) is 11.3 Å². The average molecular weight is 372 g/mol. The smallest absolute Gasteiger partial charge is 0.247 e. The van der Waals surface area contributed by atoms with Crippen molar-refractivity contribution in [1.29, 1.82) is 0 Å². The van der Waals surface area contributed by atoms with E-state index >= 15 is 0 Å². The van der Waals surface area contributed by atoms with Gasteiger partial charge < -0.3 is 10.2 Å². The van der Waals surface area contributed by atoms with Crippen LogP contribution in [0.5, 0.6) is 0 Å². The van der Waals surface area contributed by atoms with Crippen molar-refractivity contribution in [3.05, 3.63) is 53.5 Å². The number of amides is 2. The topological polar surface area (TPSA) is 62.3 Å². The summed E-state index contributed by atoms with van der Waals surface area (Å²) in [5.74, 6) is -0.378. The summed E-state index contributed by atoms with van der Waals surface area (Å²) in [5.41, 5.74) is 0.957. The second kappa shape index (κ2) is 11.2. The van der Waals surface area contributed by atoms with Crippen molar-refractivity contribution in [3.63, 3.8) is 0 Å². The Morgan fingerprint density at radius 2 is 2.00 bits per heavy atom. The largest absolute Gasteiger partial charge is 0.330 e. The molecule has 2 aromatic rings. The van der Waals surface area contributed by atoms with Crippen LogP contribution in [-0.4, -0.2) is 34.8 Å². The lowest BCUT2D eigenvalue weighted by Gasteiger charge is -2.20. The van der Waals surface area contributed by atoms with Crippen LogP contribution >= 0.6 is 11.3 Å². The molecular weight excluding hydrogens is 346 g/mol. The van der Waals surface area contributed by atoms with Crippen molar-refractivity contribution in [2.75, 3.05) is 18.4 Å². The molecule has 1 heterocycles. The summed E-state index contributed by atoms with van der Waals surface area (Å²) in [6, 6.07) is 9.65. The van der Waals surface area contributed by atoms with Crippen LogP contribution < -0.4 is 5.32 Å². The van der Waals surface area contributed by atoms with Gasteiger partial charge in [-0.2, -0.15) is 0 Å². The maximum absolute atomic E-state index is 12.6. The van der Waals surface area contributed by atoms with Crippen molar-refractivity contribution in [2.45, 2.75) is 32.6 Å². The van der Waals surface area contributed by atoms with E-state index in [0.717, 1.165) is 31.2 Å². The second-order valence-corrected chi connectivity index (χ2v) is 6.84. The molecule has 0 aliphatic carbocycles. The molecule has 0 aliphatic heterocycles. The highest BCUT2D eigenvalue weighted by Crippen LogP contribution is 2.11. The number of thiazole rings is 1. The zero-order valence-electron chi connectivity index (χ0n) is 15.1. The van der Waals surface area contributed by atoms with Gasteiger partial charge in [0.2, 0.25) is 11.8 Å². The Kier molecular flexibility index (Phi) is 8.55. The first-order valence-corrected chi connectivity index (χ1v) is 9.78. The monoisotopic (exact) mass is 371 g/mol. The van der Waals surface area contributed by atoms with Crippen molar-refractivity contribution >= 4 is 34.4 Å². The highest BCUT2D eigenvalue weighted by molar-refractivity contribution is 7.13. The standard InChI is InChI=1S/C20H25N3O2S/c1-2-3-4-8-14-23(16-18(24)22-20-21-13-15-26-20)19(25)12-11-17-9-6-5-7-10-17/h5-7,9-13,15H,2-4,8,14,16H2,1H3,(H,21,22,24)/b12-11+. The number of anilines is 1. The summed E-state index contributed by atoms with van der Waals surface area (Å²) in [7, 11) is 0. The van der Waals surface area contributed by atoms with E-state index in [9.17, 15) is 9.59 Å². The summed E-state index contributed by atoms with van der Waals surface area (Å²) >= 11 is 1.36. The first-order valence-electron chi connectivity index (χ1n) is 8.90. The zero-order valence-corrected chi connectivity index (χ0v) is 15.9. The third-order valence-corrected chi connectivity index (χ3v) is 4.51. The van der Waals surface area contributed by atoms with Crippen LogP contribution in [0, 0.1) is 0 Å². The number of nitrogens with one attached hydrogen (secondary N) is 1. The van der Waals surface area contributed by atoms with Crippen LogP contribution in [0.15, 0.2) is 48.0 Å². The Bertz CT molecular complexity index is 699. The molecule has 0 atom stereocenters. The van der Waals surface area contributed by atoms with E-state index in [1.165, 1.54) is 17.4 Å². The van der Waals surface area contributed by atoms with Gasteiger partial charge in [-0.05, 0) is 18.1 Å². The Morgan fingerprint density at radius 3 is 2.69 bits per heavy atom. The molecule has 0 radical (unpaired) electrons. The van der Waals surface area contributed by atoms with E-state index in [1.807, 2.05) is 30.3 Å². The average Bonchev–Trinajstić information content (AvgIpc) is 3.16. The number of aromatic nitrogens is 1. The number of carbonyl (C=O) groups is 2. The first kappa shape index (κ1) is 19.8. The molecule has 0 aliphatic rings. The number of carbonyl (C=O) groups excluding carboxylic acids is 2. The van der Waals surface area contributed by atoms with E-state index in [-0.39, 0.29) is 18.4 Å². The molecule has 0 spiro atoms. The molecule has 0 saturated heterocycles. The maximum atomic E-state index is 12.6. The molecule has 2 amide bonds. The number of hydrogen-bond acceptors (Lipinski definition) is 4. The number of unbranched alkanes of at least 4 members (excludes halogenated alkanes) is 3. The van der Waals surface area contributed by atoms with Gasteiger partial charge in [-0.3, -0.25) is 9.59 Å². The normalized spacial score (nSPS) is 10.8. The summed E-state index contributed by atoms with van der Waals surface area (Å²) in [4.78, 5) is 30.4. The van der Waals surface area contributed by atoms with E-state index in [0.29, 0.717) is 11.7 Å². The second-order valence-electron chi connectivity index (χ2n) is 5.95. The molecule has 2 rings (SSSR count). The van der Waals surface area contributed by atoms with Gasteiger partial charge in [0.05, 0.1) is 0 Å². The van der Waals surface area contributed by atoms with Gasteiger partial charge in [0.25, 0.3) is 0 Å². The van der Waals surface area contributed by atoms with Gasteiger partial charge in [0.15, 0.2) is 5.13 Å². The van der Waals surface area contributed by atoms with E-state index in [1.54, 1.807) is 22.6 Å². The van der Waals surface area contributed by atoms with E-state index in [4.69, 9.17) is 0 Å². The van der Waals surface area contributed by atoms with Crippen molar-refractivity contribution in [3.8, 4) is 0 Å². The molecule has 1 aromatic carbocycles. The minimum atomic E-state index is -0.225. The lowest BCUT2D eigenvalue weighted by atomic mass is 10.2. The Morgan fingerprint density at radius 1 is 1.19 bits per heavy atom. The number of nitrogens with zero attached hydrogens (tertiary/aromatic N) is 2. The minimum absolute atomic E-state index is 0.0314. The van der Waals surface area contributed by atoms with Gasteiger partial charge in [-0.1, -0.05) is 56.5 Å². The van der Waals surface area contributed by atoms with Gasteiger partial charge in [-0.25, -0.2) is 4.98 Å². The fraction of sp³-hybridized carbons (Fsp3) is 0.350. The third kappa shape index (κ3) is 7.19. The predicted octanol–water partition coefficient (Wildman–Crippen LogP) is 4.20. The van der Waals surface area contributed by atoms with Crippen molar-refractivity contribution < 1.29 is 9.59 Å². The summed E-state index contributed by atoms with van der Waals surface area (Å²) < 4.78 is 0. The lowest BCUT2D eigenvalue weighted by Crippen LogP contribution is -2.37. The SMILES string of the molecule is CCCCCCN(CC(=O)Nc1nccs1)C(=O)/C=C/c1ccccc1. The summed E-state index contributed by atoms with van der Waals surface area (Å²) in [6.45, 7) is 2.75. The number of rotatable bonds is 10. The van der Waals surface area contributed by atoms with Gasteiger partial charge in [0.1, 0.15) is 6.54 Å². The van der Waals surface area contributed by atoms with Crippen LogP contribution in [0.2, 0.25) is 0 Å². The minimum Gasteiger partial charge on any atom is -0.330 e. The fourth-order valence-electron chi connectivity index (χ4n) is 2.45. The van der Waals surface area contributed by atoms with Crippen LogP contribution in [0.4, 0.5) is 5.13 Å². The predicted molar refractivity (Wildman–Crippen MR) is 107 cm³/mol. The lowest BCUT2D eigenvalue weighted by molar-refractivity contribution is -0.130. The molecular formula is C20H25N3O2S. The zero-order chi connectivity index (χ0) is 18.6. The van der Waals surface area contributed by atoms with Crippen LogP contribution in [0.25, 0.3) is 6.08 Å². The molecule has 0 unspecified atom stereocenters. The third-order valence-electron chi connectivity index (χ3n) is 3.82. The molecule has 1 N–H and O–H groups in total. The van der Waals surface area contributed by atoms with Gasteiger partial charge in [0, 0.05) is 24.2 Å². The van der Waals surface area contributed by atoms with E-state index in [2.05, 4.69) is 17.2 Å². The first-order chi connectivity index (χ1) is 12.7.